The van der Waals surface area contributed by atoms with E-state index in [0.717, 1.165) is 0 Å². The van der Waals surface area contributed by atoms with Gasteiger partial charge in [-0.25, -0.2) is 0 Å². The maximum absolute atomic E-state index is 8.94. The van der Waals surface area contributed by atoms with Crippen molar-refractivity contribution in [2.45, 2.75) is 20.8 Å². The number of hydrogen-bond acceptors (Lipinski definition) is 1. The first-order chi connectivity index (χ1) is 6.65. The van der Waals surface area contributed by atoms with Crippen LogP contribution in [0.2, 0.25) is 0 Å². The van der Waals surface area contributed by atoms with Gasteiger partial charge in [-0.1, -0.05) is 49.8 Å². The minimum atomic E-state index is 0.113. The maximum atomic E-state index is 8.94. The predicted molar refractivity (Wildman–Crippen MR) is 61.1 cm³/mol. The van der Waals surface area contributed by atoms with Crippen LogP contribution >= 0.6 is 0 Å². The summed E-state index contributed by atoms with van der Waals surface area (Å²) in [6.45, 7) is 6.48. The third-order valence-electron chi connectivity index (χ3n) is 2.28. The van der Waals surface area contributed by atoms with Gasteiger partial charge in [-0.2, -0.15) is 0 Å². The monoisotopic (exact) mass is 190 g/mol. The first-order valence-electron chi connectivity index (χ1n) is 5.03. The van der Waals surface area contributed by atoms with Gasteiger partial charge in [0, 0.05) is 0 Å². The molecule has 1 N–H and O–H groups in total. The van der Waals surface area contributed by atoms with Gasteiger partial charge in [0.25, 0.3) is 0 Å². The van der Waals surface area contributed by atoms with Crippen LogP contribution in [-0.4, -0.2) is 11.7 Å². The van der Waals surface area contributed by atoms with E-state index in [1.54, 1.807) is 0 Å². The molecule has 0 saturated carbocycles. The second-order valence-corrected chi connectivity index (χ2v) is 3.87. The lowest BCUT2D eigenvalue weighted by atomic mass is 9.94. The molecule has 0 spiro atoms. The number of allylic oxidation sites excluding steroid dienone is 1. The van der Waals surface area contributed by atoms with E-state index in [1.807, 2.05) is 6.08 Å². The van der Waals surface area contributed by atoms with Gasteiger partial charge in [-0.05, 0) is 24.0 Å². The van der Waals surface area contributed by atoms with E-state index >= 15 is 0 Å². The molecule has 0 radical (unpaired) electrons. The quantitative estimate of drug-likeness (QED) is 0.776. The van der Waals surface area contributed by atoms with Crippen LogP contribution in [0.15, 0.2) is 30.3 Å². The molecular weight excluding hydrogens is 172 g/mol. The first-order valence-corrected chi connectivity index (χ1v) is 5.03. The summed E-state index contributed by atoms with van der Waals surface area (Å²) in [5.74, 6) is 0.448. The van der Waals surface area contributed by atoms with E-state index < -0.39 is 0 Å². The number of aliphatic hydroxyl groups excluding tert-OH is 1. The van der Waals surface area contributed by atoms with Gasteiger partial charge in [0.2, 0.25) is 0 Å². The van der Waals surface area contributed by atoms with Crippen LogP contribution in [0.4, 0.5) is 0 Å². The van der Waals surface area contributed by atoms with Crippen LogP contribution in [0, 0.1) is 12.8 Å². The predicted octanol–water partition coefficient (Wildman–Crippen LogP) is 3.03. The van der Waals surface area contributed by atoms with Crippen LogP contribution in [0.25, 0.3) is 5.57 Å². The molecule has 1 rings (SSSR count). The van der Waals surface area contributed by atoms with Crippen LogP contribution in [-0.2, 0) is 0 Å². The van der Waals surface area contributed by atoms with Gasteiger partial charge in [-0.3, -0.25) is 0 Å². The highest BCUT2D eigenvalue weighted by Gasteiger charge is 2.05. The Hall–Kier alpha value is -1.08. The maximum Gasteiger partial charge on any atom is 0.0618 e. The van der Waals surface area contributed by atoms with E-state index in [1.165, 1.54) is 16.7 Å². The van der Waals surface area contributed by atoms with E-state index in [0.29, 0.717) is 5.92 Å². The Balaban J connectivity index is 3.06. The molecule has 1 nitrogen and oxygen atoms in total. The molecule has 0 bridgehead atoms. The van der Waals surface area contributed by atoms with Crippen molar-refractivity contribution < 1.29 is 5.11 Å². The summed E-state index contributed by atoms with van der Waals surface area (Å²) in [4.78, 5) is 0. The van der Waals surface area contributed by atoms with Gasteiger partial charge in [-0.15, -0.1) is 0 Å². The standard InChI is InChI=1S/C13H18O/c1-10(2)13(7-8-14)12-6-4-5-11(3)9-12/h4-7,9-10,14H,8H2,1-3H3/b13-7-. The summed E-state index contributed by atoms with van der Waals surface area (Å²) in [7, 11) is 0. The fraction of sp³-hybridized carbons (Fsp3) is 0.385. The number of hydrogen-bond donors (Lipinski definition) is 1. The van der Waals surface area contributed by atoms with Gasteiger partial charge in [0.05, 0.1) is 6.61 Å². The summed E-state index contributed by atoms with van der Waals surface area (Å²) in [5, 5.41) is 8.94. The van der Waals surface area contributed by atoms with Gasteiger partial charge < -0.3 is 5.11 Å². The highest BCUT2D eigenvalue weighted by molar-refractivity contribution is 5.67. The lowest BCUT2D eigenvalue weighted by Gasteiger charge is -2.12. The highest BCUT2D eigenvalue weighted by Crippen LogP contribution is 2.23. The fourth-order valence-electron chi connectivity index (χ4n) is 1.61. The number of rotatable bonds is 3. The molecule has 1 aromatic rings. The van der Waals surface area contributed by atoms with Crippen LogP contribution in [0.5, 0.6) is 0 Å². The Kier molecular flexibility index (Phi) is 3.90. The van der Waals surface area contributed by atoms with E-state index in [-0.39, 0.29) is 6.61 Å². The molecule has 0 saturated heterocycles. The van der Waals surface area contributed by atoms with Crippen molar-refractivity contribution >= 4 is 5.57 Å². The third-order valence-corrected chi connectivity index (χ3v) is 2.28. The summed E-state index contributed by atoms with van der Waals surface area (Å²) in [6, 6.07) is 8.38. The van der Waals surface area contributed by atoms with Crippen molar-refractivity contribution in [2.24, 2.45) is 5.92 Å². The van der Waals surface area contributed by atoms with Crippen LogP contribution < -0.4 is 0 Å². The van der Waals surface area contributed by atoms with Crippen molar-refractivity contribution in [1.29, 1.82) is 0 Å². The molecule has 14 heavy (non-hydrogen) atoms. The van der Waals surface area contributed by atoms with Crippen molar-refractivity contribution in [3.05, 3.63) is 41.5 Å². The Morgan fingerprint density at radius 3 is 2.64 bits per heavy atom. The second kappa shape index (κ2) is 4.97. The molecule has 76 valence electrons. The summed E-state index contributed by atoms with van der Waals surface area (Å²) < 4.78 is 0. The Morgan fingerprint density at radius 1 is 1.43 bits per heavy atom. The summed E-state index contributed by atoms with van der Waals surface area (Å²) in [6.07, 6.45) is 1.89. The fourth-order valence-corrected chi connectivity index (χ4v) is 1.61. The second-order valence-electron chi connectivity index (χ2n) is 3.87. The molecule has 0 heterocycles. The zero-order valence-corrected chi connectivity index (χ0v) is 9.12. The highest BCUT2D eigenvalue weighted by atomic mass is 16.2. The molecule has 0 aliphatic carbocycles. The van der Waals surface area contributed by atoms with E-state index in [2.05, 4.69) is 45.0 Å². The largest absolute Gasteiger partial charge is 0.392 e. The molecular formula is C13H18O. The van der Waals surface area contributed by atoms with Gasteiger partial charge >= 0.3 is 0 Å². The lowest BCUT2D eigenvalue weighted by Crippen LogP contribution is -1.95. The minimum Gasteiger partial charge on any atom is -0.392 e. The van der Waals surface area contributed by atoms with E-state index in [9.17, 15) is 0 Å². The Morgan fingerprint density at radius 2 is 2.14 bits per heavy atom. The van der Waals surface area contributed by atoms with E-state index in [4.69, 9.17) is 5.11 Å². The van der Waals surface area contributed by atoms with Crippen molar-refractivity contribution in [1.82, 2.24) is 0 Å². The Labute approximate surface area is 86.1 Å². The molecule has 1 heteroatoms. The Bertz CT molecular complexity index is 324. The van der Waals surface area contributed by atoms with Crippen molar-refractivity contribution in [3.8, 4) is 0 Å². The van der Waals surface area contributed by atoms with Crippen molar-refractivity contribution in [3.63, 3.8) is 0 Å². The molecule has 0 aliphatic rings. The smallest absolute Gasteiger partial charge is 0.0618 e. The number of aryl methyl sites for hydroxylation is 1. The normalized spacial score (nSPS) is 12.2. The van der Waals surface area contributed by atoms with Gasteiger partial charge in [0.15, 0.2) is 0 Å². The zero-order valence-electron chi connectivity index (χ0n) is 9.12. The topological polar surface area (TPSA) is 20.2 Å². The van der Waals surface area contributed by atoms with Crippen LogP contribution in [0.1, 0.15) is 25.0 Å². The zero-order chi connectivity index (χ0) is 10.6. The lowest BCUT2D eigenvalue weighted by molar-refractivity contribution is 0.342. The molecule has 0 amide bonds. The molecule has 0 atom stereocenters. The minimum absolute atomic E-state index is 0.113. The first kappa shape index (κ1) is 11.0. The summed E-state index contributed by atoms with van der Waals surface area (Å²) >= 11 is 0. The molecule has 0 fully saturated rings. The van der Waals surface area contributed by atoms with Gasteiger partial charge in [0.1, 0.15) is 0 Å². The number of aliphatic hydroxyl groups is 1. The number of benzene rings is 1. The average Bonchev–Trinajstić information content (AvgIpc) is 2.13. The van der Waals surface area contributed by atoms with Crippen LogP contribution in [0.3, 0.4) is 0 Å². The van der Waals surface area contributed by atoms with Crippen molar-refractivity contribution in [2.75, 3.05) is 6.61 Å². The average molecular weight is 190 g/mol. The third kappa shape index (κ3) is 2.71. The summed E-state index contributed by atoms with van der Waals surface area (Å²) in [5.41, 5.74) is 3.69. The SMILES string of the molecule is Cc1cccc(/C(=C\CO)C(C)C)c1. The molecule has 0 unspecified atom stereocenters. The molecule has 0 aromatic heterocycles. The molecule has 1 aromatic carbocycles. The molecule has 0 aliphatic heterocycles.